The van der Waals surface area contributed by atoms with Crippen LogP contribution in [0, 0.1) is 5.41 Å². The molecule has 1 unspecified atom stereocenters. The summed E-state index contributed by atoms with van der Waals surface area (Å²) in [7, 11) is 0. The molecule has 0 spiro atoms. The van der Waals surface area contributed by atoms with Crippen LogP contribution in [-0.2, 0) is 0 Å². The van der Waals surface area contributed by atoms with Crippen molar-refractivity contribution in [2.45, 2.75) is 19.8 Å². The van der Waals surface area contributed by atoms with Crippen molar-refractivity contribution in [3.63, 3.8) is 0 Å². The van der Waals surface area contributed by atoms with Gasteiger partial charge in [0.1, 0.15) is 0 Å². The van der Waals surface area contributed by atoms with E-state index in [-0.39, 0.29) is 5.41 Å². The highest BCUT2D eigenvalue weighted by molar-refractivity contribution is 6.18. The molecule has 0 rings (SSSR count). The quantitative estimate of drug-likeness (QED) is 0.333. The summed E-state index contributed by atoms with van der Waals surface area (Å²) in [6, 6.07) is 0. The topological polar surface area (TPSA) is 0 Å². The Kier molecular flexibility index (Phi) is 5.83. The van der Waals surface area contributed by atoms with Crippen LogP contribution in [0.4, 0.5) is 0 Å². The van der Waals surface area contributed by atoms with Crippen LogP contribution in [0.15, 0.2) is 37.5 Å². The Morgan fingerprint density at radius 3 is 2.50 bits per heavy atom. The highest BCUT2D eigenvalue weighted by atomic mass is 35.5. The van der Waals surface area contributed by atoms with Gasteiger partial charge in [-0.05, 0) is 18.3 Å². The van der Waals surface area contributed by atoms with Crippen LogP contribution in [0.5, 0.6) is 0 Å². The van der Waals surface area contributed by atoms with Crippen LogP contribution in [0.2, 0.25) is 0 Å². The zero-order chi connectivity index (χ0) is 9.45. The molecular weight excluding hydrogens is 168 g/mol. The van der Waals surface area contributed by atoms with Gasteiger partial charge >= 0.3 is 0 Å². The van der Waals surface area contributed by atoms with Crippen molar-refractivity contribution in [1.82, 2.24) is 0 Å². The van der Waals surface area contributed by atoms with Crippen LogP contribution in [0.1, 0.15) is 19.8 Å². The minimum atomic E-state index is 0.0765. The van der Waals surface area contributed by atoms with Crippen molar-refractivity contribution in [3.05, 3.63) is 37.5 Å². The van der Waals surface area contributed by atoms with E-state index in [0.717, 1.165) is 12.8 Å². The smallest absolute Gasteiger partial charge is 0.0311 e. The van der Waals surface area contributed by atoms with Gasteiger partial charge in [-0.15, -0.1) is 18.2 Å². The SMILES string of the molecule is C=C/C=C/CCC(C)(C=C)CCl. The predicted molar refractivity (Wildman–Crippen MR) is 57.6 cm³/mol. The molecule has 0 aliphatic rings. The van der Waals surface area contributed by atoms with Crippen molar-refractivity contribution < 1.29 is 0 Å². The summed E-state index contributed by atoms with van der Waals surface area (Å²) in [5.74, 6) is 0.637. The normalized spacial score (nSPS) is 15.8. The molecule has 0 aliphatic carbocycles. The van der Waals surface area contributed by atoms with Gasteiger partial charge in [0.2, 0.25) is 0 Å². The van der Waals surface area contributed by atoms with Gasteiger partial charge in [0.15, 0.2) is 0 Å². The third-order valence-electron chi connectivity index (χ3n) is 1.95. The summed E-state index contributed by atoms with van der Waals surface area (Å²) >= 11 is 5.81. The van der Waals surface area contributed by atoms with E-state index in [0.29, 0.717) is 5.88 Å². The maximum atomic E-state index is 5.81. The molecule has 0 aromatic rings. The molecule has 1 heteroatoms. The highest BCUT2D eigenvalue weighted by Gasteiger charge is 2.16. The summed E-state index contributed by atoms with van der Waals surface area (Å²) in [6.45, 7) is 9.50. The fourth-order valence-electron chi connectivity index (χ4n) is 0.829. The zero-order valence-corrected chi connectivity index (χ0v) is 8.48. The Labute approximate surface area is 80.6 Å². The van der Waals surface area contributed by atoms with Gasteiger partial charge in [-0.3, -0.25) is 0 Å². The molecule has 0 bridgehead atoms. The number of alkyl halides is 1. The van der Waals surface area contributed by atoms with Gasteiger partial charge < -0.3 is 0 Å². The molecular formula is C11H17Cl. The summed E-state index contributed by atoms with van der Waals surface area (Å²) < 4.78 is 0. The molecule has 0 aromatic carbocycles. The lowest BCUT2D eigenvalue weighted by molar-refractivity contribution is 0.450. The second-order valence-corrected chi connectivity index (χ2v) is 3.46. The number of rotatable bonds is 6. The molecule has 0 radical (unpaired) electrons. The van der Waals surface area contributed by atoms with Crippen molar-refractivity contribution in [2.24, 2.45) is 5.41 Å². The van der Waals surface area contributed by atoms with E-state index >= 15 is 0 Å². The third-order valence-corrected chi connectivity index (χ3v) is 2.56. The number of hydrogen-bond acceptors (Lipinski definition) is 0. The number of allylic oxidation sites excluding steroid dienone is 4. The van der Waals surface area contributed by atoms with Crippen molar-refractivity contribution in [2.75, 3.05) is 5.88 Å². The van der Waals surface area contributed by atoms with E-state index in [9.17, 15) is 0 Å². The van der Waals surface area contributed by atoms with Crippen LogP contribution in [0.3, 0.4) is 0 Å². The molecule has 12 heavy (non-hydrogen) atoms. The number of halogens is 1. The summed E-state index contributed by atoms with van der Waals surface area (Å²) in [5, 5.41) is 0. The molecule has 0 aliphatic heterocycles. The second-order valence-electron chi connectivity index (χ2n) is 3.19. The summed E-state index contributed by atoms with van der Waals surface area (Å²) in [6.07, 6.45) is 9.85. The lowest BCUT2D eigenvalue weighted by Crippen LogP contribution is -2.13. The van der Waals surface area contributed by atoms with Crippen LogP contribution < -0.4 is 0 Å². The van der Waals surface area contributed by atoms with Gasteiger partial charge in [0.05, 0.1) is 0 Å². The van der Waals surface area contributed by atoms with Gasteiger partial charge in [-0.2, -0.15) is 0 Å². The largest absolute Gasteiger partial charge is 0.126 e. The molecule has 1 atom stereocenters. The van der Waals surface area contributed by atoms with Gasteiger partial charge in [-0.1, -0.05) is 37.8 Å². The molecule has 0 fully saturated rings. The molecule has 0 N–H and O–H groups in total. The van der Waals surface area contributed by atoms with Crippen molar-refractivity contribution in [1.29, 1.82) is 0 Å². The molecule has 68 valence electrons. The summed E-state index contributed by atoms with van der Waals surface area (Å²) in [5.41, 5.74) is 0.0765. The van der Waals surface area contributed by atoms with Crippen LogP contribution in [-0.4, -0.2) is 5.88 Å². The lowest BCUT2D eigenvalue weighted by Gasteiger charge is -2.21. The fourth-order valence-corrected chi connectivity index (χ4v) is 1.07. The Morgan fingerprint density at radius 2 is 2.08 bits per heavy atom. The maximum absolute atomic E-state index is 5.81. The van der Waals surface area contributed by atoms with E-state index in [2.05, 4.69) is 26.2 Å². The van der Waals surface area contributed by atoms with Crippen LogP contribution in [0.25, 0.3) is 0 Å². The predicted octanol–water partition coefficient (Wildman–Crippen LogP) is 3.94. The third kappa shape index (κ3) is 4.40. The minimum Gasteiger partial charge on any atom is -0.126 e. The molecule has 0 saturated carbocycles. The van der Waals surface area contributed by atoms with E-state index in [1.807, 2.05) is 12.2 Å². The molecule has 0 heterocycles. The maximum Gasteiger partial charge on any atom is 0.0311 e. The molecule has 0 nitrogen and oxygen atoms in total. The first kappa shape index (κ1) is 11.5. The average molecular weight is 185 g/mol. The zero-order valence-electron chi connectivity index (χ0n) is 7.72. The van der Waals surface area contributed by atoms with Gasteiger partial charge in [0.25, 0.3) is 0 Å². The Morgan fingerprint density at radius 1 is 1.42 bits per heavy atom. The fraction of sp³-hybridized carbons (Fsp3) is 0.455. The first-order chi connectivity index (χ1) is 5.68. The van der Waals surface area contributed by atoms with Gasteiger partial charge in [0, 0.05) is 5.88 Å². The van der Waals surface area contributed by atoms with Crippen molar-refractivity contribution in [3.8, 4) is 0 Å². The van der Waals surface area contributed by atoms with Crippen LogP contribution >= 0.6 is 11.6 Å². The number of hydrogen-bond donors (Lipinski definition) is 0. The van der Waals surface area contributed by atoms with E-state index < -0.39 is 0 Å². The monoisotopic (exact) mass is 184 g/mol. The van der Waals surface area contributed by atoms with Gasteiger partial charge in [-0.25, -0.2) is 0 Å². The van der Waals surface area contributed by atoms with E-state index in [4.69, 9.17) is 11.6 Å². The van der Waals surface area contributed by atoms with E-state index in [1.54, 1.807) is 6.08 Å². The Hall–Kier alpha value is -0.490. The molecule has 0 aromatic heterocycles. The Bertz CT molecular complexity index is 170. The minimum absolute atomic E-state index is 0.0765. The second kappa shape index (κ2) is 6.07. The first-order valence-electron chi connectivity index (χ1n) is 4.15. The standard InChI is InChI=1S/C11H17Cl/c1-4-6-7-8-9-11(3,5-2)10-12/h4-7H,1-2,8-10H2,3H3/b7-6+. The summed E-state index contributed by atoms with van der Waals surface area (Å²) in [4.78, 5) is 0. The molecule has 0 amide bonds. The molecule has 0 saturated heterocycles. The Balaban J connectivity index is 3.80. The lowest BCUT2D eigenvalue weighted by atomic mass is 9.88. The highest BCUT2D eigenvalue weighted by Crippen LogP contribution is 2.26. The first-order valence-corrected chi connectivity index (χ1v) is 4.69. The van der Waals surface area contributed by atoms with E-state index in [1.165, 1.54) is 0 Å². The van der Waals surface area contributed by atoms with Crippen molar-refractivity contribution >= 4 is 11.6 Å². The average Bonchev–Trinajstić information content (AvgIpc) is 2.12.